The van der Waals surface area contributed by atoms with Crippen molar-refractivity contribution in [2.24, 2.45) is 0 Å². The van der Waals surface area contributed by atoms with E-state index in [-0.39, 0.29) is 0 Å². The summed E-state index contributed by atoms with van der Waals surface area (Å²) >= 11 is 0. The number of anilines is 2. The second kappa shape index (κ2) is 4.04. The summed E-state index contributed by atoms with van der Waals surface area (Å²) in [4.78, 5) is 9.73. The average Bonchev–Trinajstić information content (AvgIpc) is 2.03. The van der Waals surface area contributed by atoms with E-state index in [1.54, 1.807) is 18.0 Å². The number of likely N-dealkylation sites (N-methyl/N-ethyl adjacent to an activating group) is 1. The molecule has 0 aliphatic rings. The molecule has 1 aromatic rings. The third kappa shape index (κ3) is 2.55. The molecule has 1 unspecified atom stereocenters. The van der Waals surface area contributed by atoms with Crippen molar-refractivity contribution in [1.29, 1.82) is 0 Å². The van der Waals surface area contributed by atoms with E-state index in [2.05, 4.69) is 9.97 Å². The molecule has 0 fully saturated rings. The summed E-state index contributed by atoms with van der Waals surface area (Å²) in [7, 11) is 1.81. The molecule has 1 heterocycles. The van der Waals surface area contributed by atoms with Gasteiger partial charge in [0.05, 0.1) is 6.10 Å². The van der Waals surface area contributed by atoms with Crippen LogP contribution in [-0.4, -0.2) is 34.8 Å². The first-order valence-electron chi connectivity index (χ1n) is 4.07. The van der Waals surface area contributed by atoms with Gasteiger partial charge in [0.2, 0.25) is 0 Å². The van der Waals surface area contributed by atoms with Gasteiger partial charge >= 0.3 is 0 Å². The lowest BCUT2D eigenvalue weighted by Crippen LogP contribution is -2.28. The highest BCUT2D eigenvalue weighted by molar-refractivity contribution is 5.56. The van der Waals surface area contributed by atoms with Crippen molar-refractivity contribution in [2.45, 2.75) is 13.0 Å². The van der Waals surface area contributed by atoms with Crippen LogP contribution in [0.4, 0.5) is 11.6 Å². The summed E-state index contributed by atoms with van der Waals surface area (Å²) in [6.45, 7) is 2.20. The Morgan fingerprint density at radius 1 is 1.54 bits per heavy atom. The van der Waals surface area contributed by atoms with Gasteiger partial charge in [-0.3, -0.25) is 0 Å². The lowest BCUT2D eigenvalue weighted by molar-refractivity contribution is 0.201. The van der Waals surface area contributed by atoms with E-state index in [0.29, 0.717) is 18.2 Å². The summed E-state index contributed by atoms with van der Waals surface area (Å²) in [5.41, 5.74) is 5.60. The van der Waals surface area contributed by atoms with E-state index in [9.17, 15) is 0 Å². The lowest BCUT2D eigenvalue weighted by Gasteiger charge is -2.20. The van der Waals surface area contributed by atoms with Crippen molar-refractivity contribution < 1.29 is 5.11 Å². The minimum atomic E-state index is -0.411. The molecule has 0 amide bonds. The van der Waals surface area contributed by atoms with Crippen LogP contribution in [0.5, 0.6) is 0 Å². The van der Waals surface area contributed by atoms with Crippen LogP contribution < -0.4 is 10.6 Å². The number of hydrogen-bond donors (Lipinski definition) is 2. The first kappa shape index (κ1) is 9.73. The second-order valence-corrected chi connectivity index (χ2v) is 2.99. The molecule has 0 aliphatic carbocycles. The van der Waals surface area contributed by atoms with Crippen molar-refractivity contribution in [3.63, 3.8) is 0 Å². The maximum atomic E-state index is 9.14. The van der Waals surface area contributed by atoms with Gasteiger partial charge in [0, 0.05) is 26.0 Å². The molecule has 0 saturated carbocycles. The number of rotatable bonds is 3. The number of aromatic nitrogens is 2. The van der Waals surface area contributed by atoms with E-state index in [1.807, 2.05) is 7.05 Å². The Kier molecular flexibility index (Phi) is 3.02. The Hall–Kier alpha value is -1.36. The maximum Gasteiger partial charge on any atom is 0.171 e. The molecule has 72 valence electrons. The van der Waals surface area contributed by atoms with Crippen molar-refractivity contribution in [2.75, 3.05) is 24.2 Å². The Morgan fingerprint density at radius 3 is 2.69 bits per heavy atom. The summed E-state index contributed by atoms with van der Waals surface area (Å²) in [5.74, 6) is 0.981. The minimum Gasteiger partial charge on any atom is -0.392 e. The molecule has 0 saturated heterocycles. The summed E-state index contributed by atoms with van der Waals surface area (Å²) in [6.07, 6.45) is 2.70. The molecule has 1 atom stereocenters. The Balaban J connectivity index is 2.76. The third-order valence-corrected chi connectivity index (χ3v) is 1.61. The van der Waals surface area contributed by atoms with Crippen LogP contribution in [0, 0.1) is 0 Å². The molecule has 0 aliphatic heterocycles. The van der Waals surface area contributed by atoms with Gasteiger partial charge in [0.1, 0.15) is 0 Å². The fourth-order valence-electron chi connectivity index (χ4n) is 1.12. The van der Waals surface area contributed by atoms with Crippen LogP contribution in [0.25, 0.3) is 0 Å². The predicted molar refractivity (Wildman–Crippen MR) is 51.4 cm³/mol. The van der Waals surface area contributed by atoms with Crippen LogP contribution in [-0.2, 0) is 0 Å². The van der Waals surface area contributed by atoms with Crippen molar-refractivity contribution >= 4 is 11.6 Å². The van der Waals surface area contributed by atoms with Gasteiger partial charge in [-0.05, 0) is 6.92 Å². The molecule has 1 aromatic heterocycles. The molecule has 5 nitrogen and oxygen atoms in total. The van der Waals surface area contributed by atoms with Crippen LogP contribution in [0.15, 0.2) is 12.4 Å². The minimum absolute atomic E-state index is 0.380. The van der Waals surface area contributed by atoms with Crippen molar-refractivity contribution in [3.8, 4) is 0 Å². The molecule has 0 bridgehead atoms. The quantitative estimate of drug-likeness (QED) is 0.681. The summed E-state index contributed by atoms with van der Waals surface area (Å²) < 4.78 is 0. The average molecular weight is 182 g/mol. The molecule has 0 radical (unpaired) electrons. The Labute approximate surface area is 77.2 Å². The van der Waals surface area contributed by atoms with Gasteiger partial charge in [-0.15, -0.1) is 0 Å². The smallest absolute Gasteiger partial charge is 0.171 e. The third-order valence-electron chi connectivity index (χ3n) is 1.61. The van der Waals surface area contributed by atoms with Gasteiger partial charge in [-0.25, -0.2) is 9.97 Å². The van der Waals surface area contributed by atoms with E-state index < -0.39 is 6.10 Å². The monoisotopic (exact) mass is 182 g/mol. The molecule has 5 heteroatoms. The number of nitrogens with two attached hydrogens (primary N) is 1. The number of aliphatic hydroxyl groups is 1. The van der Waals surface area contributed by atoms with Crippen LogP contribution in [0.2, 0.25) is 0 Å². The van der Waals surface area contributed by atoms with E-state index in [0.717, 1.165) is 0 Å². The van der Waals surface area contributed by atoms with Crippen LogP contribution in [0.1, 0.15) is 6.92 Å². The number of hydrogen-bond acceptors (Lipinski definition) is 5. The summed E-state index contributed by atoms with van der Waals surface area (Å²) in [6, 6.07) is 0. The number of nitrogens with zero attached hydrogens (tertiary/aromatic N) is 3. The molecular weight excluding hydrogens is 168 g/mol. The lowest BCUT2D eigenvalue weighted by atomic mass is 10.4. The Bertz CT molecular complexity index is 277. The predicted octanol–water partition coefficient (Wildman–Crippen LogP) is -0.124. The highest BCUT2D eigenvalue weighted by atomic mass is 16.3. The fourth-order valence-corrected chi connectivity index (χ4v) is 1.12. The van der Waals surface area contributed by atoms with Gasteiger partial charge in [0.15, 0.2) is 11.6 Å². The molecular formula is C8H14N4O. The molecule has 3 N–H and O–H groups in total. The van der Waals surface area contributed by atoms with Gasteiger partial charge < -0.3 is 15.7 Å². The SMILES string of the molecule is CC(O)CN(C)c1nccnc1N. The fraction of sp³-hybridized carbons (Fsp3) is 0.500. The van der Waals surface area contributed by atoms with Gasteiger partial charge in [-0.2, -0.15) is 0 Å². The molecule has 13 heavy (non-hydrogen) atoms. The van der Waals surface area contributed by atoms with E-state index in [1.165, 1.54) is 6.20 Å². The molecule has 0 aromatic carbocycles. The van der Waals surface area contributed by atoms with Crippen LogP contribution in [0.3, 0.4) is 0 Å². The second-order valence-electron chi connectivity index (χ2n) is 2.99. The van der Waals surface area contributed by atoms with E-state index >= 15 is 0 Å². The van der Waals surface area contributed by atoms with Gasteiger partial charge in [-0.1, -0.05) is 0 Å². The largest absolute Gasteiger partial charge is 0.392 e. The summed E-state index contributed by atoms with van der Waals surface area (Å²) in [5, 5.41) is 9.14. The molecule has 1 rings (SSSR count). The normalized spacial score (nSPS) is 12.5. The standard InChI is InChI=1S/C8H14N4O/c1-6(13)5-12(2)8-7(9)10-3-4-11-8/h3-4,6,13H,5H2,1-2H3,(H2,9,10). The highest BCUT2D eigenvalue weighted by Crippen LogP contribution is 2.14. The van der Waals surface area contributed by atoms with E-state index in [4.69, 9.17) is 10.8 Å². The van der Waals surface area contributed by atoms with Crippen molar-refractivity contribution in [1.82, 2.24) is 9.97 Å². The molecule has 0 spiro atoms. The van der Waals surface area contributed by atoms with Crippen LogP contribution >= 0.6 is 0 Å². The Morgan fingerprint density at radius 2 is 2.15 bits per heavy atom. The highest BCUT2D eigenvalue weighted by Gasteiger charge is 2.08. The first-order chi connectivity index (χ1) is 6.11. The zero-order chi connectivity index (χ0) is 9.84. The zero-order valence-corrected chi connectivity index (χ0v) is 7.81. The first-order valence-corrected chi connectivity index (χ1v) is 4.07. The topological polar surface area (TPSA) is 75.3 Å². The van der Waals surface area contributed by atoms with Gasteiger partial charge in [0.25, 0.3) is 0 Å². The number of aliphatic hydroxyl groups excluding tert-OH is 1. The number of nitrogen functional groups attached to an aromatic ring is 1. The van der Waals surface area contributed by atoms with Crippen molar-refractivity contribution in [3.05, 3.63) is 12.4 Å². The zero-order valence-electron chi connectivity index (χ0n) is 7.81. The maximum absolute atomic E-state index is 9.14.